The lowest BCUT2D eigenvalue weighted by atomic mass is 9.98. The van der Waals surface area contributed by atoms with E-state index in [0.29, 0.717) is 16.6 Å². The van der Waals surface area contributed by atoms with E-state index in [2.05, 4.69) is 15.4 Å². The molecule has 8 heteroatoms. The fraction of sp³-hybridized carbons (Fsp3) is 0.294. The molecular formula is C17H18N4O4. The summed E-state index contributed by atoms with van der Waals surface area (Å²) in [6.07, 6.45) is 1.62. The lowest BCUT2D eigenvalue weighted by molar-refractivity contribution is -0.137. The SMILES string of the molecule is CC(C)(CCC(=O)O)NC(=O)c1cnn2c1[nH]c(=O)c1ccccc12. The number of hydrogen-bond donors (Lipinski definition) is 3. The van der Waals surface area contributed by atoms with Gasteiger partial charge in [-0.25, -0.2) is 4.52 Å². The second-order valence-corrected chi connectivity index (χ2v) is 6.52. The number of rotatable bonds is 5. The lowest BCUT2D eigenvalue weighted by Crippen LogP contribution is -2.43. The smallest absolute Gasteiger partial charge is 0.303 e. The maximum Gasteiger partial charge on any atom is 0.303 e. The van der Waals surface area contributed by atoms with Crippen molar-refractivity contribution in [3.8, 4) is 0 Å². The zero-order valence-corrected chi connectivity index (χ0v) is 13.9. The van der Waals surface area contributed by atoms with Gasteiger partial charge in [0.15, 0.2) is 0 Å². The summed E-state index contributed by atoms with van der Waals surface area (Å²) in [5, 5.41) is 16.3. The van der Waals surface area contributed by atoms with Crippen LogP contribution in [0.1, 0.15) is 37.0 Å². The number of nitrogens with one attached hydrogen (secondary N) is 2. The van der Waals surface area contributed by atoms with Crippen LogP contribution in [0, 0.1) is 0 Å². The molecule has 0 radical (unpaired) electrons. The summed E-state index contributed by atoms with van der Waals surface area (Å²) in [6, 6.07) is 6.98. The summed E-state index contributed by atoms with van der Waals surface area (Å²) in [7, 11) is 0. The van der Waals surface area contributed by atoms with E-state index in [4.69, 9.17) is 5.11 Å². The Balaban J connectivity index is 1.98. The second-order valence-electron chi connectivity index (χ2n) is 6.52. The molecule has 0 unspecified atom stereocenters. The van der Waals surface area contributed by atoms with Crippen molar-refractivity contribution in [1.82, 2.24) is 19.9 Å². The molecule has 0 bridgehead atoms. The van der Waals surface area contributed by atoms with Crippen LogP contribution in [0.25, 0.3) is 16.6 Å². The fourth-order valence-corrected chi connectivity index (χ4v) is 2.70. The normalized spacial score (nSPS) is 11.8. The van der Waals surface area contributed by atoms with Crippen LogP contribution >= 0.6 is 0 Å². The average Bonchev–Trinajstić information content (AvgIpc) is 2.97. The molecule has 0 spiro atoms. The van der Waals surface area contributed by atoms with Crippen molar-refractivity contribution >= 4 is 28.4 Å². The van der Waals surface area contributed by atoms with Gasteiger partial charge in [-0.1, -0.05) is 12.1 Å². The third kappa shape index (κ3) is 3.23. The van der Waals surface area contributed by atoms with Gasteiger partial charge in [-0.15, -0.1) is 0 Å². The minimum absolute atomic E-state index is 0.0521. The quantitative estimate of drug-likeness (QED) is 0.650. The molecule has 8 nitrogen and oxygen atoms in total. The van der Waals surface area contributed by atoms with E-state index in [9.17, 15) is 14.4 Å². The highest BCUT2D eigenvalue weighted by molar-refractivity contribution is 6.01. The number of para-hydroxylation sites is 1. The van der Waals surface area contributed by atoms with Gasteiger partial charge in [0.1, 0.15) is 11.2 Å². The van der Waals surface area contributed by atoms with Gasteiger partial charge in [0.05, 0.1) is 17.1 Å². The molecule has 0 saturated carbocycles. The predicted molar refractivity (Wildman–Crippen MR) is 91.7 cm³/mol. The number of carbonyl (C=O) groups is 2. The molecule has 3 aromatic rings. The first-order chi connectivity index (χ1) is 11.8. The molecule has 2 aromatic heterocycles. The third-order valence-electron chi connectivity index (χ3n) is 4.04. The fourth-order valence-electron chi connectivity index (χ4n) is 2.70. The number of carboxylic acid groups (broad SMARTS) is 1. The maximum atomic E-state index is 12.6. The molecule has 1 amide bonds. The summed E-state index contributed by atoms with van der Waals surface area (Å²) in [5.74, 6) is -1.34. The molecule has 25 heavy (non-hydrogen) atoms. The molecule has 0 atom stereocenters. The number of benzene rings is 1. The standard InChI is InChI=1S/C17H18N4O4/c1-17(2,8-7-13(22)23)20-16(25)11-9-18-21-12-6-4-3-5-10(12)15(24)19-14(11)21/h3-6,9H,7-8H2,1-2H3,(H,19,24)(H,20,25)(H,22,23). The minimum Gasteiger partial charge on any atom is -0.481 e. The first kappa shape index (κ1) is 16.7. The van der Waals surface area contributed by atoms with Crippen molar-refractivity contribution in [2.75, 3.05) is 0 Å². The van der Waals surface area contributed by atoms with Crippen molar-refractivity contribution in [2.45, 2.75) is 32.2 Å². The van der Waals surface area contributed by atoms with E-state index in [1.165, 1.54) is 10.7 Å². The first-order valence-corrected chi connectivity index (χ1v) is 7.81. The molecule has 1 aromatic carbocycles. The second kappa shape index (κ2) is 6.04. The van der Waals surface area contributed by atoms with Crippen LogP contribution in [0.2, 0.25) is 0 Å². The van der Waals surface area contributed by atoms with Gasteiger partial charge in [0, 0.05) is 12.0 Å². The molecule has 0 fully saturated rings. The molecule has 3 rings (SSSR count). The highest BCUT2D eigenvalue weighted by Gasteiger charge is 2.24. The molecule has 2 heterocycles. The number of aromatic amines is 1. The van der Waals surface area contributed by atoms with Gasteiger partial charge >= 0.3 is 5.97 Å². The molecule has 0 aliphatic rings. The van der Waals surface area contributed by atoms with Crippen LogP contribution in [0.4, 0.5) is 0 Å². The highest BCUT2D eigenvalue weighted by atomic mass is 16.4. The molecule has 130 valence electrons. The Labute approximate surface area is 142 Å². The van der Waals surface area contributed by atoms with E-state index < -0.39 is 17.4 Å². The van der Waals surface area contributed by atoms with Gasteiger partial charge < -0.3 is 15.4 Å². The van der Waals surface area contributed by atoms with Gasteiger partial charge in [-0.2, -0.15) is 5.10 Å². The Kier molecular flexibility index (Phi) is 4.03. The van der Waals surface area contributed by atoms with Gasteiger partial charge in [-0.05, 0) is 32.4 Å². The van der Waals surface area contributed by atoms with Crippen LogP contribution in [0.5, 0.6) is 0 Å². The summed E-state index contributed by atoms with van der Waals surface area (Å²) in [4.78, 5) is 38.2. The Morgan fingerprint density at radius 2 is 2.04 bits per heavy atom. The van der Waals surface area contributed by atoms with E-state index in [-0.39, 0.29) is 24.0 Å². The summed E-state index contributed by atoms with van der Waals surface area (Å²) >= 11 is 0. The van der Waals surface area contributed by atoms with E-state index in [0.717, 1.165) is 0 Å². The topological polar surface area (TPSA) is 117 Å². The summed E-state index contributed by atoms with van der Waals surface area (Å²) in [6.45, 7) is 3.50. The van der Waals surface area contributed by atoms with Crippen LogP contribution < -0.4 is 10.9 Å². The zero-order chi connectivity index (χ0) is 18.2. The van der Waals surface area contributed by atoms with E-state index >= 15 is 0 Å². The largest absolute Gasteiger partial charge is 0.481 e. The number of carboxylic acids is 1. The van der Waals surface area contributed by atoms with Crippen molar-refractivity contribution in [1.29, 1.82) is 0 Å². The molecule has 3 N–H and O–H groups in total. The Hall–Kier alpha value is -3.16. The van der Waals surface area contributed by atoms with E-state index in [1.54, 1.807) is 38.1 Å². The summed E-state index contributed by atoms with van der Waals surface area (Å²) in [5.41, 5.74) is 0.121. The number of aromatic nitrogens is 3. The number of fused-ring (bicyclic) bond motifs is 3. The van der Waals surface area contributed by atoms with Crippen molar-refractivity contribution in [3.05, 3.63) is 46.4 Å². The van der Waals surface area contributed by atoms with E-state index in [1.807, 2.05) is 0 Å². The number of nitrogens with zero attached hydrogens (tertiary/aromatic N) is 2. The van der Waals surface area contributed by atoms with Crippen LogP contribution in [0.15, 0.2) is 35.3 Å². The number of carbonyl (C=O) groups excluding carboxylic acids is 1. The first-order valence-electron chi connectivity index (χ1n) is 7.81. The molecule has 0 saturated heterocycles. The third-order valence-corrected chi connectivity index (χ3v) is 4.04. The Bertz CT molecular complexity index is 1030. The zero-order valence-electron chi connectivity index (χ0n) is 13.9. The highest BCUT2D eigenvalue weighted by Crippen LogP contribution is 2.17. The Morgan fingerprint density at radius 3 is 2.76 bits per heavy atom. The minimum atomic E-state index is -0.922. The number of aliphatic carboxylic acids is 1. The average molecular weight is 342 g/mol. The van der Waals surface area contributed by atoms with Gasteiger partial charge in [0.25, 0.3) is 11.5 Å². The molecular weight excluding hydrogens is 324 g/mol. The predicted octanol–water partition coefficient (Wildman–Crippen LogP) is 1.55. The number of H-pyrrole nitrogens is 1. The number of amides is 1. The van der Waals surface area contributed by atoms with Crippen LogP contribution in [0.3, 0.4) is 0 Å². The Morgan fingerprint density at radius 1 is 1.32 bits per heavy atom. The number of hydrogen-bond acceptors (Lipinski definition) is 4. The van der Waals surface area contributed by atoms with Crippen molar-refractivity contribution in [2.24, 2.45) is 0 Å². The maximum absolute atomic E-state index is 12.6. The van der Waals surface area contributed by atoms with Crippen molar-refractivity contribution in [3.63, 3.8) is 0 Å². The van der Waals surface area contributed by atoms with Crippen LogP contribution in [-0.4, -0.2) is 37.1 Å². The van der Waals surface area contributed by atoms with Crippen molar-refractivity contribution < 1.29 is 14.7 Å². The lowest BCUT2D eigenvalue weighted by Gasteiger charge is -2.25. The molecule has 0 aliphatic carbocycles. The van der Waals surface area contributed by atoms with Crippen LogP contribution in [-0.2, 0) is 4.79 Å². The van der Waals surface area contributed by atoms with Gasteiger partial charge in [0.2, 0.25) is 0 Å². The monoisotopic (exact) mass is 342 g/mol. The van der Waals surface area contributed by atoms with Gasteiger partial charge in [-0.3, -0.25) is 14.4 Å². The summed E-state index contributed by atoms with van der Waals surface area (Å²) < 4.78 is 1.51. The molecule has 0 aliphatic heterocycles.